The third-order valence-corrected chi connectivity index (χ3v) is 2.99. The second-order valence-corrected chi connectivity index (χ2v) is 4.41. The van der Waals surface area contributed by atoms with E-state index in [0.717, 1.165) is 38.2 Å². The van der Waals surface area contributed by atoms with Gasteiger partial charge >= 0.3 is 0 Å². The van der Waals surface area contributed by atoms with E-state index in [2.05, 4.69) is 15.7 Å². The second-order valence-electron chi connectivity index (χ2n) is 4.41. The van der Waals surface area contributed by atoms with Crippen molar-refractivity contribution in [3.05, 3.63) is 35.7 Å². The van der Waals surface area contributed by atoms with E-state index >= 15 is 0 Å². The van der Waals surface area contributed by atoms with Crippen molar-refractivity contribution in [2.24, 2.45) is 0 Å². The SMILES string of the molecule is [C-]#[N+]c1ccc(OC2CN(CCCC#C)C2)cc1. The Kier molecular flexibility index (Phi) is 4.23. The number of terminal acetylenes is 1. The fourth-order valence-corrected chi connectivity index (χ4v) is 1.98. The number of hydrogen-bond acceptors (Lipinski definition) is 2. The van der Waals surface area contributed by atoms with Crippen molar-refractivity contribution in [3.8, 4) is 18.1 Å². The van der Waals surface area contributed by atoms with E-state index in [9.17, 15) is 0 Å². The minimum atomic E-state index is 0.273. The molecule has 1 fully saturated rings. The van der Waals surface area contributed by atoms with Gasteiger partial charge in [0.1, 0.15) is 11.9 Å². The van der Waals surface area contributed by atoms with Crippen molar-refractivity contribution in [1.82, 2.24) is 4.90 Å². The van der Waals surface area contributed by atoms with Crippen molar-refractivity contribution in [3.63, 3.8) is 0 Å². The predicted molar refractivity (Wildman–Crippen MR) is 71.6 cm³/mol. The Balaban J connectivity index is 1.70. The zero-order chi connectivity index (χ0) is 12.8. The number of rotatable bonds is 5. The second kappa shape index (κ2) is 6.10. The van der Waals surface area contributed by atoms with Gasteiger partial charge in [0.05, 0.1) is 6.57 Å². The van der Waals surface area contributed by atoms with Crippen molar-refractivity contribution in [2.75, 3.05) is 19.6 Å². The third kappa shape index (κ3) is 3.26. The fourth-order valence-electron chi connectivity index (χ4n) is 1.98. The van der Waals surface area contributed by atoms with Crippen LogP contribution in [0, 0.1) is 18.9 Å². The van der Waals surface area contributed by atoms with Crippen LogP contribution in [0.1, 0.15) is 12.8 Å². The van der Waals surface area contributed by atoms with Crippen molar-refractivity contribution < 1.29 is 4.74 Å². The maximum Gasteiger partial charge on any atom is 0.187 e. The lowest BCUT2D eigenvalue weighted by Crippen LogP contribution is -2.53. The van der Waals surface area contributed by atoms with Gasteiger partial charge in [-0.05, 0) is 25.1 Å². The van der Waals surface area contributed by atoms with Gasteiger partial charge in [-0.2, -0.15) is 0 Å². The van der Waals surface area contributed by atoms with Crippen LogP contribution in [0.3, 0.4) is 0 Å². The summed E-state index contributed by atoms with van der Waals surface area (Å²) in [5.74, 6) is 3.49. The molecular formula is C15H16N2O. The first-order valence-corrected chi connectivity index (χ1v) is 6.12. The molecule has 0 bridgehead atoms. The van der Waals surface area contributed by atoms with Crippen LogP contribution < -0.4 is 4.74 Å². The van der Waals surface area contributed by atoms with E-state index in [1.54, 1.807) is 12.1 Å². The number of benzene rings is 1. The standard InChI is InChI=1S/C15H16N2O/c1-3-4-5-10-17-11-15(12-17)18-14-8-6-13(16-2)7-9-14/h1,6-9,15H,4-5,10-12H2. The molecule has 1 aliphatic heterocycles. The minimum absolute atomic E-state index is 0.273. The molecule has 1 aromatic rings. The van der Waals surface area contributed by atoms with E-state index < -0.39 is 0 Å². The Hall–Kier alpha value is -1.97. The van der Waals surface area contributed by atoms with Crippen LogP contribution in [0.15, 0.2) is 24.3 Å². The van der Waals surface area contributed by atoms with Gasteiger partial charge in [0.2, 0.25) is 0 Å². The molecule has 1 aromatic carbocycles. The Morgan fingerprint density at radius 2 is 2.11 bits per heavy atom. The molecule has 18 heavy (non-hydrogen) atoms. The molecule has 0 spiro atoms. The molecule has 1 heterocycles. The summed E-state index contributed by atoms with van der Waals surface area (Å²) in [7, 11) is 0. The fraction of sp³-hybridized carbons (Fsp3) is 0.400. The highest BCUT2D eigenvalue weighted by molar-refractivity contribution is 5.47. The molecule has 0 saturated carbocycles. The first-order chi connectivity index (χ1) is 8.81. The molecular weight excluding hydrogens is 224 g/mol. The average molecular weight is 240 g/mol. The topological polar surface area (TPSA) is 16.8 Å². The number of hydrogen-bond donors (Lipinski definition) is 0. The van der Waals surface area contributed by atoms with E-state index in [1.807, 2.05) is 12.1 Å². The molecule has 0 amide bonds. The lowest BCUT2D eigenvalue weighted by atomic mass is 10.1. The normalized spacial score (nSPS) is 15.4. The average Bonchev–Trinajstić information content (AvgIpc) is 2.36. The van der Waals surface area contributed by atoms with Crippen molar-refractivity contribution >= 4 is 5.69 Å². The van der Waals surface area contributed by atoms with E-state index in [0.29, 0.717) is 5.69 Å². The molecule has 1 saturated heterocycles. The molecule has 0 unspecified atom stereocenters. The third-order valence-electron chi connectivity index (χ3n) is 2.99. The first-order valence-electron chi connectivity index (χ1n) is 6.12. The molecule has 0 aliphatic carbocycles. The Labute approximate surface area is 108 Å². The van der Waals surface area contributed by atoms with E-state index in [4.69, 9.17) is 17.7 Å². The summed E-state index contributed by atoms with van der Waals surface area (Å²) in [5, 5.41) is 0. The van der Waals surface area contributed by atoms with Crippen LogP contribution in [-0.2, 0) is 0 Å². The zero-order valence-electron chi connectivity index (χ0n) is 10.3. The van der Waals surface area contributed by atoms with Crippen LogP contribution in [0.4, 0.5) is 5.69 Å². The summed E-state index contributed by atoms with van der Waals surface area (Å²) in [4.78, 5) is 5.69. The van der Waals surface area contributed by atoms with E-state index in [-0.39, 0.29) is 6.10 Å². The van der Waals surface area contributed by atoms with Crippen LogP contribution in [-0.4, -0.2) is 30.6 Å². The van der Waals surface area contributed by atoms with E-state index in [1.165, 1.54) is 0 Å². The van der Waals surface area contributed by atoms with Crippen LogP contribution in [0.25, 0.3) is 4.85 Å². The maximum atomic E-state index is 6.87. The summed E-state index contributed by atoms with van der Waals surface area (Å²) in [6, 6.07) is 7.28. The van der Waals surface area contributed by atoms with Crippen molar-refractivity contribution in [2.45, 2.75) is 18.9 Å². The summed E-state index contributed by atoms with van der Waals surface area (Å²) in [6.45, 7) is 9.86. The van der Waals surface area contributed by atoms with Gasteiger partial charge in [-0.15, -0.1) is 12.3 Å². The summed E-state index contributed by atoms with van der Waals surface area (Å²) < 4.78 is 5.80. The Morgan fingerprint density at radius 3 is 2.72 bits per heavy atom. The quantitative estimate of drug-likeness (QED) is 0.447. The van der Waals surface area contributed by atoms with Gasteiger partial charge in [0, 0.05) is 19.5 Å². The number of likely N-dealkylation sites (tertiary alicyclic amines) is 1. The molecule has 0 aromatic heterocycles. The van der Waals surface area contributed by atoms with Gasteiger partial charge in [-0.1, -0.05) is 12.1 Å². The minimum Gasteiger partial charge on any atom is -0.488 e. The van der Waals surface area contributed by atoms with Crippen LogP contribution in [0.2, 0.25) is 0 Å². The number of ether oxygens (including phenoxy) is 1. The van der Waals surface area contributed by atoms with Gasteiger partial charge in [-0.25, -0.2) is 4.85 Å². The number of unbranched alkanes of at least 4 members (excludes halogenated alkanes) is 1. The van der Waals surface area contributed by atoms with Crippen molar-refractivity contribution in [1.29, 1.82) is 0 Å². The largest absolute Gasteiger partial charge is 0.488 e. The predicted octanol–water partition coefficient (Wildman–Crippen LogP) is 2.71. The summed E-state index contributed by atoms with van der Waals surface area (Å²) in [5.41, 5.74) is 0.645. The van der Waals surface area contributed by atoms with Gasteiger partial charge in [-0.3, -0.25) is 4.90 Å². The zero-order valence-corrected chi connectivity index (χ0v) is 10.3. The van der Waals surface area contributed by atoms with Crippen LogP contribution >= 0.6 is 0 Å². The molecule has 2 rings (SSSR count). The monoisotopic (exact) mass is 240 g/mol. The molecule has 0 atom stereocenters. The molecule has 3 heteroatoms. The first kappa shape index (κ1) is 12.5. The maximum absolute atomic E-state index is 6.87. The molecule has 1 aliphatic rings. The highest BCUT2D eigenvalue weighted by Gasteiger charge is 2.27. The van der Waals surface area contributed by atoms with Crippen LogP contribution in [0.5, 0.6) is 5.75 Å². The van der Waals surface area contributed by atoms with Gasteiger partial charge in [0.25, 0.3) is 0 Å². The molecule has 0 N–H and O–H groups in total. The van der Waals surface area contributed by atoms with Gasteiger partial charge < -0.3 is 4.74 Å². The molecule has 0 radical (unpaired) electrons. The molecule has 92 valence electrons. The lowest BCUT2D eigenvalue weighted by Gasteiger charge is -2.38. The lowest BCUT2D eigenvalue weighted by molar-refractivity contribution is 0.0197. The summed E-state index contributed by atoms with van der Waals surface area (Å²) >= 11 is 0. The number of nitrogens with zero attached hydrogens (tertiary/aromatic N) is 2. The highest BCUT2D eigenvalue weighted by atomic mass is 16.5. The summed E-state index contributed by atoms with van der Waals surface area (Å²) in [6.07, 6.45) is 7.39. The molecule has 3 nitrogen and oxygen atoms in total. The Morgan fingerprint density at radius 1 is 1.39 bits per heavy atom. The highest BCUT2D eigenvalue weighted by Crippen LogP contribution is 2.21. The Bertz CT molecular complexity index is 461. The smallest absolute Gasteiger partial charge is 0.187 e. The van der Waals surface area contributed by atoms with Gasteiger partial charge in [0.15, 0.2) is 5.69 Å².